The molecule has 2 aliphatic heterocycles. The van der Waals surface area contributed by atoms with Crippen LogP contribution in [0.1, 0.15) is 56.6 Å². The van der Waals surface area contributed by atoms with E-state index < -0.39 is 0 Å². The number of nitrogens with zero attached hydrogens (tertiary/aromatic N) is 2. The first kappa shape index (κ1) is 25.2. The summed E-state index contributed by atoms with van der Waals surface area (Å²) in [5, 5.41) is 0.773. The summed E-state index contributed by atoms with van der Waals surface area (Å²) in [5.41, 5.74) is 3.73. The third-order valence-electron chi connectivity index (χ3n) is 6.48. The normalized spacial score (nSPS) is 15.8. The Balaban J connectivity index is 1.29. The van der Waals surface area contributed by atoms with Crippen LogP contribution in [0, 0.1) is 0 Å². The summed E-state index contributed by atoms with van der Waals surface area (Å²) < 4.78 is 5.43. The standard InChI is InChI=1S/C28H35ClN2O2S/c1-2-3-4-5-11-28(32)33-19-8-14-30-15-17-31(18-16-30)25-20-22-9-6-7-10-26(22)34-27-13-12-23(29)21-24(25)27/h6-7,9-10,12-13,20-21H,2-5,8,11,14-19H2,1H3. The first-order valence-corrected chi connectivity index (χ1v) is 13.7. The second-order valence-corrected chi connectivity index (χ2v) is 10.5. The van der Waals surface area contributed by atoms with Crippen molar-refractivity contribution < 1.29 is 9.53 Å². The minimum Gasteiger partial charge on any atom is -0.466 e. The molecule has 2 heterocycles. The number of unbranched alkanes of at least 4 members (excludes halogenated alkanes) is 3. The van der Waals surface area contributed by atoms with Gasteiger partial charge in [0.1, 0.15) is 0 Å². The predicted molar refractivity (Wildman–Crippen MR) is 142 cm³/mol. The van der Waals surface area contributed by atoms with Crippen molar-refractivity contribution in [2.45, 2.75) is 55.2 Å². The number of fused-ring (bicyclic) bond motifs is 2. The highest BCUT2D eigenvalue weighted by atomic mass is 35.5. The molecule has 6 heteroatoms. The number of carbonyl (C=O) groups excluding carboxylic acids is 1. The van der Waals surface area contributed by atoms with Gasteiger partial charge in [-0.15, -0.1) is 0 Å². The lowest BCUT2D eigenvalue weighted by molar-refractivity contribution is -0.144. The molecule has 4 nitrogen and oxygen atoms in total. The highest BCUT2D eigenvalue weighted by molar-refractivity contribution is 7.99. The van der Waals surface area contributed by atoms with Crippen LogP contribution < -0.4 is 0 Å². The molecule has 2 aromatic carbocycles. The van der Waals surface area contributed by atoms with Gasteiger partial charge in [0.05, 0.1) is 6.61 Å². The van der Waals surface area contributed by atoms with Gasteiger partial charge < -0.3 is 9.64 Å². The Labute approximate surface area is 213 Å². The van der Waals surface area contributed by atoms with E-state index in [1.54, 1.807) is 0 Å². The molecule has 34 heavy (non-hydrogen) atoms. The van der Waals surface area contributed by atoms with E-state index in [1.165, 1.54) is 39.5 Å². The molecule has 0 saturated carbocycles. The third-order valence-corrected chi connectivity index (χ3v) is 7.88. The molecule has 0 radical (unpaired) electrons. The van der Waals surface area contributed by atoms with Gasteiger partial charge in [0.2, 0.25) is 0 Å². The molecule has 0 N–H and O–H groups in total. The van der Waals surface area contributed by atoms with Crippen molar-refractivity contribution in [1.82, 2.24) is 9.80 Å². The Hall–Kier alpha value is -1.95. The van der Waals surface area contributed by atoms with Crippen LogP contribution in [0.5, 0.6) is 0 Å². The summed E-state index contributed by atoms with van der Waals surface area (Å²) in [6, 6.07) is 14.8. The molecule has 0 aliphatic carbocycles. The molecule has 1 fully saturated rings. The van der Waals surface area contributed by atoms with Gasteiger partial charge in [-0.2, -0.15) is 0 Å². The van der Waals surface area contributed by atoms with Gasteiger partial charge in [0.15, 0.2) is 0 Å². The minimum atomic E-state index is -0.0447. The molecule has 2 aliphatic rings. The van der Waals surface area contributed by atoms with E-state index in [0.717, 1.165) is 57.0 Å². The molecule has 0 aromatic heterocycles. The SMILES string of the molecule is CCCCCCC(=O)OCCCN1CCN(C2=Cc3ccccc3Sc3ccc(Cl)cc32)CC1. The molecular weight excluding hydrogens is 464 g/mol. The fraction of sp³-hybridized carbons (Fsp3) is 0.464. The molecule has 2 aromatic rings. The van der Waals surface area contributed by atoms with Crippen LogP contribution >= 0.6 is 23.4 Å². The monoisotopic (exact) mass is 498 g/mol. The van der Waals surface area contributed by atoms with Crippen LogP contribution in [0.4, 0.5) is 0 Å². The van der Waals surface area contributed by atoms with E-state index in [1.807, 2.05) is 17.8 Å². The van der Waals surface area contributed by atoms with Gasteiger partial charge in [-0.25, -0.2) is 0 Å². The maximum Gasteiger partial charge on any atom is 0.305 e. The van der Waals surface area contributed by atoms with E-state index in [2.05, 4.69) is 59.2 Å². The lowest BCUT2D eigenvalue weighted by atomic mass is 10.1. The molecule has 0 spiro atoms. The number of ether oxygens (including phenoxy) is 1. The number of esters is 1. The number of halogens is 1. The predicted octanol–water partition coefficient (Wildman–Crippen LogP) is 6.82. The minimum absolute atomic E-state index is 0.0447. The quantitative estimate of drug-likeness (QED) is 0.265. The number of piperazine rings is 1. The van der Waals surface area contributed by atoms with Gasteiger partial charge in [-0.05, 0) is 48.7 Å². The van der Waals surface area contributed by atoms with Crippen molar-refractivity contribution in [3.05, 3.63) is 58.6 Å². The number of carbonyl (C=O) groups is 1. The van der Waals surface area contributed by atoms with Crippen LogP contribution in [0.2, 0.25) is 5.02 Å². The van der Waals surface area contributed by atoms with Crippen molar-refractivity contribution in [3.8, 4) is 0 Å². The van der Waals surface area contributed by atoms with Crippen LogP contribution in [0.15, 0.2) is 52.3 Å². The van der Waals surface area contributed by atoms with Crippen molar-refractivity contribution in [3.63, 3.8) is 0 Å². The maximum absolute atomic E-state index is 11.9. The summed E-state index contributed by atoms with van der Waals surface area (Å²) >= 11 is 8.22. The summed E-state index contributed by atoms with van der Waals surface area (Å²) in [7, 11) is 0. The highest BCUT2D eigenvalue weighted by Gasteiger charge is 2.24. The second-order valence-electron chi connectivity index (χ2n) is 9.02. The van der Waals surface area contributed by atoms with E-state index in [9.17, 15) is 4.79 Å². The zero-order valence-corrected chi connectivity index (χ0v) is 21.7. The van der Waals surface area contributed by atoms with Gasteiger partial charge >= 0.3 is 5.97 Å². The Bertz CT molecular complexity index is 1000. The van der Waals surface area contributed by atoms with Crippen LogP contribution in [-0.2, 0) is 9.53 Å². The van der Waals surface area contributed by atoms with E-state index in [-0.39, 0.29) is 5.97 Å². The molecular formula is C28H35ClN2O2S. The first-order chi connectivity index (χ1) is 16.6. The highest BCUT2D eigenvalue weighted by Crippen LogP contribution is 2.42. The third kappa shape index (κ3) is 6.80. The Morgan fingerprint density at radius 1 is 1.00 bits per heavy atom. The zero-order valence-electron chi connectivity index (χ0n) is 20.1. The summed E-state index contributed by atoms with van der Waals surface area (Å²) in [5.74, 6) is -0.0447. The molecule has 0 atom stereocenters. The molecule has 4 rings (SSSR count). The molecule has 182 valence electrons. The molecule has 0 bridgehead atoms. The number of hydrogen-bond acceptors (Lipinski definition) is 5. The summed E-state index contributed by atoms with van der Waals surface area (Å²) in [4.78, 5) is 19.4. The van der Waals surface area contributed by atoms with Crippen LogP contribution in [0.25, 0.3) is 11.8 Å². The fourth-order valence-corrected chi connectivity index (χ4v) is 5.75. The van der Waals surface area contributed by atoms with Crippen molar-refractivity contribution in [2.75, 3.05) is 39.3 Å². The van der Waals surface area contributed by atoms with Gasteiger partial charge in [-0.1, -0.05) is 67.7 Å². The van der Waals surface area contributed by atoms with Crippen LogP contribution in [0.3, 0.4) is 0 Å². The molecule has 0 amide bonds. The number of hydrogen-bond donors (Lipinski definition) is 0. The largest absolute Gasteiger partial charge is 0.466 e. The van der Waals surface area contributed by atoms with Crippen LogP contribution in [-0.4, -0.2) is 55.1 Å². The van der Waals surface area contributed by atoms with E-state index >= 15 is 0 Å². The maximum atomic E-state index is 11.9. The number of benzene rings is 2. The van der Waals surface area contributed by atoms with Crippen molar-refractivity contribution in [2.24, 2.45) is 0 Å². The lowest BCUT2D eigenvalue weighted by Crippen LogP contribution is -2.45. The average Bonchev–Trinajstić information content (AvgIpc) is 3.01. The summed E-state index contributed by atoms with van der Waals surface area (Å²) in [6.45, 7) is 7.64. The van der Waals surface area contributed by atoms with Crippen molar-refractivity contribution in [1.29, 1.82) is 0 Å². The fourth-order valence-electron chi connectivity index (χ4n) is 4.54. The zero-order chi connectivity index (χ0) is 23.8. The first-order valence-electron chi connectivity index (χ1n) is 12.6. The van der Waals surface area contributed by atoms with E-state index in [4.69, 9.17) is 16.3 Å². The topological polar surface area (TPSA) is 32.8 Å². The lowest BCUT2D eigenvalue weighted by Gasteiger charge is -2.37. The van der Waals surface area contributed by atoms with Gasteiger partial charge in [-0.3, -0.25) is 9.69 Å². The molecule has 0 unspecified atom stereocenters. The molecule has 1 saturated heterocycles. The Morgan fingerprint density at radius 2 is 1.82 bits per heavy atom. The van der Waals surface area contributed by atoms with Gasteiger partial charge in [0, 0.05) is 65.2 Å². The Morgan fingerprint density at radius 3 is 2.65 bits per heavy atom. The number of rotatable bonds is 10. The summed E-state index contributed by atoms with van der Waals surface area (Å²) in [6.07, 6.45) is 8.22. The van der Waals surface area contributed by atoms with Gasteiger partial charge in [0.25, 0.3) is 0 Å². The Kier molecular flexibility index (Phi) is 9.37. The smallest absolute Gasteiger partial charge is 0.305 e. The van der Waals surface area contributed by atoms with E-state index in [0.29, 0.717) is 13.0 Å². The van der Waals surface area contributed by atoms with Crippen molar-refractivity contribution >= 4 is 41.1 Å². The average molecular weight is 499 g/mol. The second kappa shape index (κ2) is 12.7.